The number of carbonyl (C=O) groups excluding carboxylic acids is 1. The number of hydrogen-bond donors (Lipinski definition) is 3. The molecule has 0 aliphatic heterocycles. The van der Waals surface area contributed by atoms with E-state index < -0.39 is 61.7 Å². The van der Waals surface area contributed by atoms with Gasteiger partial charge in [0.1, 0.15) is 24.0 Å². The number of carbonyl (C=O) groups is 1. The van der Waals surface area contributed by atoms with Crippen LogP contribution in [0, 0.1) is 0 Å². The Labute approximate surface area is 206 Å². The maximum absolute atomic E-state index is 15.5. The lowest BCUT2D eigenvalue weighted by atomic mass is 10.0. The summed E-state index contributed by atoms with van der Waals surface area (Å²) in [6.07, 6.45) is -3.04. The van der Waals surface area contributed by atoms with Crippen molar-refractivity contribution in [3.8, 4) is 5.75 Å². The standard InChI is InChI=1S/C22H31FN3O9P/c1-14(2)34-20(29)15(3)25-36(31,35-16-9-7-6-8-10-16)33-13-17(32-5)19(28)22(4,23)26-12-11-18(27)24-21(26)30/h6-12,14-15,17,19,28H,13H2,1-5H3,(H,25,31)(H,24,27,30)/t15-,17+,19+,22-,36?/m0/s1. The van der Waals surface area contributed by atoms with Crippen LogP contribution < -0.4 is 20.9 Å². The van der Waals surface area contributed by atoms with E-state index in [1.807, 2.05) is 4.98 Å². The number of rotatable bonds is 13. The maximum atomic E-state index is 15.5. The van der Waals surface area contributed by atoms with Crippen LogP contribution in [-0.2, 0) is 29.1 Å². The summed E-state index contributed by atoms with van der Waals surface area (Å²) in [6, 6.07) is 7.72. The van der Waals surface area contributed by atoms with Crippen LogP contribution in [-0.4, -0.2) is 58.7 Å². The van der Waals surface area contributed by atoms with E-state index in [2.05, 4.69) is 5.09 Å². The molecule has 1 unspecified atom stereocenters. The van der Waals surface area contributed by atoms with E-state index in [4.69, 9.17) is 18.5 Å². The maximum Gasteiger partial charge on any atom is 0.459 e. The highest BCUT2D eigenvalue weighted by Gasteiger charge is 2.43. The summed E-state index contributed by atoms with van der Waals surface area (Å²) in [5.74, 6) is -3.35. The zero-order valence-corrected chi connectivity index (χ0v) is 21.4. The second-order valence-electron chi connectivity index (χ2n) is 8.26. The summed E-state index contributed by atoms with van der Waals surface area (Å²) in [5.41, 5.74) is -1.84. The predicted molar refractivity (Wildman–Crippen MR) is 127 cm³/mol. The van der Waals surface area contributed by atoms with Gasteiger partial charge in [-0.2, -0.15) is 5.09 Å². The molecule has 200 valence electrons. The highest BCUT2D eigenvalue weighted by Crippen LogP contribution is 2.45. The number of alkyl halides is 1. The van der Waals surface area contributed by atoms with Crippen molar-refractivity contribution in [1.82, 2.24) is 14.6 Å². The van der Waals surface area contributed by atoms with Crippen LogP contribution in [0.2, 0.25) is 0 Å². The number of methoxy groups -OCH3 is 1. The van der Waals surface area contributed by atoms with Crippen LogP contribution in [0.25, 0.3) is 0 Å². The second-order valence-corrected chi connectivity index (χ2v) is 9.95. The first-order valence-corrected chi connectivity index (χ1v) is 12.5. The number of aromatic nitrogens is 2. The molecule has 0 amide bonds. The number of ether oxygens (including phenoxy) is 2. The Morgan fingerprint density at radius 2 is 1.86 bits per heavy atom. The summed E-state index contributed by atoms with van der Waals surface area (Å²) < 4.78 is 50.7. The molecular weight excluding hydrogens is 500 g/mol. The Kier molecular flexibility index (Phi) is 10.1. The Balaban J connectivity index is 2.26. The first kappa shape index (κ1) is 29.4. The van der Waals surface area contributed by atoms with Crippen molar-refractivity contribution in [2.24, 2.45) is 0 Å². The van der Waals surface area contributed by atoms with Crippen molar-refractivity contribution in [3.63, 3.8) is 0 Å². The van der Waals surface area contributed by atoms with Crippen LogP contribution in [0.15, 0.2) is 52.2 Å². The van der Waals surface area contributed by atoms with Gasteiger partial charge in [-0.25, -0.2) is 13.8 Å². The SMILES string of the molecule is CO[C@H](COP(=O)(N[C@@H](C)C(=O)OC(C)C)Oc1ccccc1)[C@@H](O)[C@@](C)(F)n1ccc(=O)[nH]c1=O. The van der Waals surface area contributed by atoms with E-state index in [9.17, 15) is 24.1 Å². The van der Waals surface area contributed by atoms with Crippen LogP contribution in [0.1, 0.15) is 27.7 Å². The summed E-state index contributed by atoms with van der Waals surface area (Å²) >= 11 is 0. The normalized spacial score (nSPS) is 17.4. The third kappa shape index (κ3) is 7.84. The molecule has 0 aliphatic carbocycles. The molecule has 2 rings (SSSR count). The first-order valence-electron chi connectivity index (χ1n) is 11.0. The molecule has 2 aromatic rings. The Bertz CT molecular complexity index is 1170. The summed E-state index contributed by atoms with van der Waals surface area (Å²) in [6.45, 7) is 4.89. The molecule has 0 fully saturated rings. The minimum atomic E-state index is -4.32. The Morgan fingerprint density at radius 1 is 1.22 bits per heavy atom. The molecule has 5 atom stereocenters. The first-order chi connectivity index (χ1) is 16.8. The fraction of sp³-hybridized carbons (Fsp3) is 0.500. The minimum absolute atomic E-state index is 0.141. The van der Waals surface area contributed by atoms with Crippen molar-refractivity contribution in [2.45, 2.75) is 57.8 Å². The van der Waals surface area contributed by atoms with E-state index in [1.54, 1.807) is 32.0 Å². The summed E-state index contributed by atoms with van der Waals surface area (Å²) in [7, 11) is -3.18. The van der Waals surface area contributed by atoms with Gasteiger partial charge in [0.2, 0.25) is 5.79 Å². The number of aliphatic hydroxyl groups is 1. The Hall–Kier alpha value is -2.83. The third-order valence-electron chi connectivity index (χ3n) is 4.92. The van der Waals surface area contributed by atoms with Gasteiger partial charge in [0.15, 0.2) is 0 Å². The number of H-pyrrole nitrogens is 1. The van der Waals surface area contributed by atoms with E-state index in [0.717, 1.165) is 26.3 Å². The second kappa shape index (κ2) is 12.4. The van der Waals surface area contributed by atoms with Gasteiger partial charge >= 0.3 is 19.4 Å². The van der Waals surface area contributed by atoms with Gasteiger partial charge in [-0.1, -0.05) is 18.2 Å². The fourth-order valence-corrected chi connectivity index (χ4v) is 4.54. The van der Waals surface area contributed by atoms with E-state index in [1.165, 1.54) is 19.1 Å². The molecule has 0 bridgehead atoms. The quantitative estimate of drug-likeness (QED) is 0.257. The molecule has 1 aromatic carbocycles. The average Bonchev–Trinajstić information content (AvgIpc) is 2.79. The number of halogens is 1. The number of para-hydroxylation sites is 1. The monoisotopic (exact) mass is 531 g/mol. The van der Waals surface area contributed by atoms with Gasteiger partial charge in [0.25, 0.3) is 5.56 Å². The molecule has 3 N–H and O–H groups in total. The lowest BCUT2D eigenvalue weighted by molar-refractivity contribution is -0.149. The van der Waals surface area contributed by atoms with Crippen LogP contribution in [0.5, 0.6) is 5.75 Å². The van der Waals surface area contributed by atoms with Crippen LogP contribution in [0.3, 0.4) is 0 Å². The van der Waals surface area contributed by atoms with E-state index in [-0.39, 0.29) is 5.75 Å². The number of hydrogen-bond acceptors (Lipinski definition) is 9. The lowest BCUT2D eigenvalue weighted by Crippen LogP contribution is -2.52. The lowest BCUT2D eigenvalue weighted by Gasteiger charge is -2.33. The van der Waals surface area contributed by atoms with Crippen molar-refractivity contribution >= 4 is 13.7 Å². The number of esters is 1. The molecule has 1 heterocycles. The zero-order valence-electron chi connectivity index (χ0n) is 20.5. The van der Waals surface area contributed by atoms with Gasteiger partial charge < -0.3 is 19.1 Å². The van der Waals surface area contributed by atoms with Gasteiger partial charge in [-0.15, -0.1) is 0 Å². The van der Waals surface area contributed by atoms with Gasteiger partial charge in [0, 0.05) is 19.4 Å². The summed E-state index contributed by atoms with van der Waals surface area (Å²) in [5, 5.41) is 13.1. The topological polar surface area (TPSA) is 158 Å². The average molecular weight is 531 g/mol. The van der Waals surface area contributed by atoms with E-state index in [0.29, 0.717) is 4.57 Å². The van der Waals surface area contributed by atoms with Gasteiger partial charge in [-0.05, 0) is 39.8 Å². The van der Waals surface area contributed by atoms with Gasteiger partial charge in [-0.3, -0.25) is 23.7 Å². The molecule has 14 heteroatoms. The van der Waals surface area contributed by atoms with Crippen molar-refractivity contribution in [3.05, 3.63) is 63.4 Å². The number of aliphatic hydroxyl groups excluding tert-OH is 1. The molecule has 0 aliphatic rings. The predicted octanol–water partition coefficient (Wildman–Crippen LogP) is 1.69. The van der Waals surface area contributed by atoms with Crippen molar-refractivity contribution in [2.75, 3.05) is 13.7 Å². The molecule has 0 saturated carbocycles. The van der Waals surface area contributed by atoms with Crippen LogP contribution >= 0.6 is 7.75 Å². The van der Waals surface area contributed by atoms with Gasteiger partial charge in [0.05, 0.1) is 12.7 Å². The molecule has 0 spiro atoms. The molecule has 12 nitrogen and oxygen atoms in total. The van der Waals surface area contributed by atoms with Crippen molar-refractivity contribution in [1.29, 1.82) is 0 Å². The third-order valence-corrected chi connectivity index (χ3v) is 6.57. The smallest absolute Gasteiger partial charge is 0.459 e. The number of nitrogens with one attached hydrogen (secondary N) is 2. The molecule has 1 aromatic heterocycles. The fourth-order valence-electron chi connectivity index (χ4n) is 3.04. The Morgan fingerprint density at radius 3 is 2.42 bits per heavy atom. The molecular formula is C22H31FN3O9P. The van der Waals surface area contributed by atoms with E-state index >= 15 is 4.39 Å². The zero-order chi connectivity index (χ0) is 27.1. The highest BCUT2D eigenvalue weighted by atomic mass is 31.2. The molecule has 0 radical (unpaired) electrons. The largest absolute Gasteiger partial charge is 0.462 e. The number of aromatic amines is 1. The minimum Gasteiger partial charge on any atom is -0.462 e. The molecule has 0 saturated heterocycles. The highest BCUT2D eigenvalue weighted by molar-refractivity contribution is 7.52. The number of benzene rings is 1. The summed E-state index contributed by atoms with van der Waals surface area (Å²) in [4.78, 5) is 37.5. The molecule has 36 heavy (non-hydrogen) atoms. The van der Waals surface area contributed by atoms with Crippen molar-refractivity contribution < 1.29 is 37.4 Å². The number of nitrogens with zero attached hydrogens (tertiary/aromatic N) is 1. The van der Waals surface area contributed by atoms with Crippen LogP contribution in [0.4, 0.5) is 4.39 Å².